The first-order valence-corrected chi connectivity index (χ1v) is 7.12. The van der Waals surface area contributed by atoms with E-state index in [-0.39, 0.29) is 22.3 Å². The van der Waals surface area contributed by atoms with Crippen molar-refractivity contribution in [2.24, 2.45) is 0 Å². The molecule has 0 aliphatic heterocycles. The number of carbonyl (C=O) groups is 1. The number of halogens is 3. The zero-order valence-electron chi connectivity index (χ0n) is 12.2. The largest absolute Gasteiger partial charge is 0.425 e. The summed E-state index contributed by atoms with van der Waals surface area (Å²) in [5.41, 5.74) is -2.94. The fourth-order valence-corrected chi connectivity index (χ4v) is 2.97. The second kappa shape index (κ2) is 5.09. The summed E-state index contributed by atoms with van der Waals surface area (Å²) in [6, 6.07) is 9.88. The Morgan fingerprint density at radius 1 is 1.13 bits per heavy atom. The van der Waals surface area contributed by atoms with E-state index in [1.165, 1.54) is 30.3 Å². The number of amides is 1. The van der Waals surface area contributed by atoms with Crippen molar-refractivity contribution in [3.8, 4) is 11.1 Å². The van der Waals surface area contributed by atoms with Crippen LogP contribution in [0.2, 0.25) is 0 Å². The molecule has 0 unspecified atom stereocenters. The highest BCUT2D eigenvalue weighted by molar-refractivity contribution is 5.96. The maximum atomic E-state index is 13.6. The van der Waals surface area contributed by atoms with Crippen LogP contribution in [-0.4, -0.2) is 23.7 Å². The van der Waals surface area contributed by atoms with Crippen molar-refractivity contribution < 1.29 is 23.1 Å². The summed E-state index contributed by atoms with van der Waals surface area (Å²) in [4.78, 5) is 11.9. The number of fused-ring (bicyclic) bond motifs is 3. The number of aliphatic hydroxyl groups is 1. The molecular formula is C17H14F3NO2. The van der Waals surface area contributed by atoms with E-state index in [0.717, 1.165) is 6.07 Å². The highest BCUT2D eigenvalue weighted by atomic mass is 19.4. The van der Waals surface area contributed by atoms with Crippen LogP contribution < -0.4 is 5.32 Å². The average Bonchev–Trinajstić information content (AvgIpc) is 2.78. The summed E-state index contributed by atoms with van der Waals surface area (Å²) in [5.74, 6) is -0.476. The molecule has 6 heteroatoms. The zero-order valence-corrected chi connectivity index (χ0v) is 12.2. The second-order valence-electron chi connectivity index (χ2n) is 5.37. The van der Waals surface area contributed by atoms with Gasteiger partial charge in [-0.1, -0.05) is 30.3 Å². The van der Waals surface area contributed by atoms with E-state index in [9.17, 15) is 23.1 Å². The van der Waals surface area contributed by atoms with Crippen LogP contribution in [0.15, 0.2) is 42.5 Å². The first-order chi connectivity index (χ1) is 10.8. The Morgan fingerprint density at radius 3 is 2.43 bits per heavy atom. The van der Waals surface area contributed by atoms with E-state index in [0.29, 0.717) is 12.1 Å². The molecule has 23 heavy (non-hydrogen) atoms. The number of nitrogens with one attached hydrogen (secondary N) is 1. The highest BCUT2D eigenvalue weighted by Crippen LogP contribution is 2.54. The molecule has 120 valence electrons. The van der Waals surface area contributed by atoms with E-state index in [2.05, 4.69) is 5.32 Å². The lowest BCUT2D eigenvalue weighted by Crippen LogP contribution is -2.41. The lowest BCUT2D eigenvalue weighted by atomic mass is 9.90. The van der Waals surface area contributed by atoms with Gasteiger partial charge in [-0.15, -0.1) is 0 Å². The van der Waals surface area contributed by atoms with Gasteiger partial charge in [-0.2, -0.15) is 13.2 Å². The Hall–Kier alpha value is -2.34. The third-order valence-electron chi connectivity index (χ3n) is 4.03. The van der Waals surface area contributed by atoms with Crippen LogP contribution in [0.25, 0.3) is 11.1 Å². The maximum absolute atomic E-state index is 13.6. The zero-order chi connectivity index (χ0) is 16.8. The van der Waals surface area contributed by atoms with Crippen molar-refractivity contribution in [1.29, 1.82) is 0 Å². The summed E-state index contributed by atoms with van der Waals surface area (Å²) in [6.07, 6.45) is -4.89. The Morgan fingerprint density at radius 2 is 1.78 bits per heavy atom. The van der Waals surface area contributed by atoms with Crippen LogP contribution in [0.3, 0.4) is 0 Å². The third-order valence-corrected chi connectivity index (χ3v) is 4.03. The molecule has 0 heterocycles. The van der Waals surface area contributed by atoms with Crippen molar-refractivity contribution in [3.05, 3.63) is 59.2 Å². The molecule has 0 saturated carbocycles. The first kappa shape index (κ1) is 15.6. The normalized spacial score (nSPS) is 19.2. The summed E-state index contributed by atoms with van der Waals surface area (Å²) < 4.78 is 40.9. The number of benzene rings is 2. The van der Waals surface area contributed by atoms with Crippen LogP contribution in [0, 0.1) is 0 Å². The van der Waals surface area contributed by atoms with Crippen LogP contribution >= 0.6 is 0 Å². The van der Waals surface area contributed by atoms with Gasteiger partial charge in [0.1, 0.15) is 0 Å². The molecule has 0 spiro atoms. The summed E-state index contributed by atoms with van der Waals surface area (Å²) in [5, 5.41) is 13.0. The molecule has 1 atom stereocenters. The number of alkyl halides is 3. The molecule has 0 radical (unpaired) electrons. The number of hydrogen-bond acceptors (Lipinski definition) is 2. The lowest BCUT2D eigenvalue weighted by Gasteiger charge is -2.28. The Kier molecular flexibility index (Phi) is 3.44. The molecule has 2 aromatic carbocycles. The molecule has 3 nitrogen and oxygen atoms in total. The lowest BCUT2D eigenvalue weighted by molar-refractivity contribution is -0.246. The van der Waals surface area contributed by atoms with Crippen molar-refractivity contribution in [3.63, 3.8) is 0 Å². The monoisotopic (exact) mass is 321 g/mol. The Bertz CT molecular complexity index is 786. The Balaban J connectivity index is 2.25. The van der Waals surface area contributed by atoms with Gasteiger partial charge in [-0.05, 0) is 30.2 Å². The van der Waals surface area contributed by atoms with Crippen LogP contribution in [0.5, 0.6) is 0 Å². The van der Waals surface area contributed by atoms with E-state index in [4.69, 9.17) is 0 Å². The minimum Gasteiger partial charge on any atom is -0.372 e. The topological polar surface area (TPSA) is 49.3 Å². The smallest absolute Gasteiger partial charge is 0.372 e. The van der Waals surface area contributed by atoms with Crippen molar-refractivity contribution in [2.45, 2.75) is 18.7 Å². The predicted molar refractivity (Wildman–Crippen MR) is 78.9 cm³/mol. The van der Waals surface area contributed by atoms with Gasteiger partial charge in [0.05, 0.1) is 0 Å². The van der Waals surface area contributed by atoms with Gasteiger partial charge in [0, 0.05) is 23.2 Å². The van der Waals surface area contributed by atoms with Gasteiger partial charge in [0.2, 0.25) is 5.60 Å². The van der Waals surface area contributed by atoms with E-state index in [1.54, 1.807) is 13.0 Å². The number of carbonyl (C=O) groups excluding carboxylic acids is 1. The van der Waals surface area contributed by atoms with Gasteiger partial charge in [0.15, 0.2) is 0 Å². The molecule has 0 bridgehead atoms. The second-order valence-corrected chi connectivity index (χ2v) is 5.37. The van der Waals surface area contributed by atoms with Gasteiger partial charge >= 0.3 is 6.18 Å². The number of hydrogen-bond donors (Lipinski definition) is 2. The van der Waals surface area contributed by atoms with Crippen LogP contribution in [0.1, 0.15) is 28.4 Å². The Labute approximate surface area is 130 Å². The summed E-state index contributed by atoms with van der Waals surface area (Å²) in [7, 11) is 0. The minimum absolute atomic E-state index is 0.0843. The predicted octanol–water partition coefficient (Wildman–Crippen LogP) is 3.21. The maximum Gasteiger partial charge on any atom is 0.425 e. The van der Waals surface area contributed by atoms with Gasteiger partial charge in [-0.3, -0.25) is 4.79 Å². The molecule has 1 aliphatic carbocycles. The quantitative estimate of drug-likeness (QED) is 0.892. The molecule has 1 aliphatic rings. The fraction of sp³-hybridized carbons (Fsp3) is 0.235. The van der Waals surface area contributed by atoms with Crippen LogP contribution in [-0.2, 0) is 5.60 Å². The van der Waals surface area contributed by atoms with Gasteiger partial charge in [0.25, 0.3) is 5.91 Å². The van der Waals surface area contributed by atoms with E-state index in [1.807, 2.05) is 0 Å². The van der Waals surface area contributed by atoms with E-state index < -0.39 is 17.7 Å². The SMILES string of the molecule is CCNC(=O)c1ccc2c(c1)[C@](O)(C(F)(F)F)c1ccccc1-2. The first-order valence-electron chi connectivity index (χ1n) is 7.12. The minimum atomic E-state index is -4.89. The van der Waals surface area contributed by atoms with Crippen molar-refractivity contribution in [1.82, 2.24) is 5.32 Å². The summed E-state index contributed by atoms with van der Waals surface area (Å²) in [6.45, 7) is 2.08. The molecule has 0 fully saturated rings. The van der Waals surface area contributed by atoms with Gasteiger partial charge < -0.3 is 10.4 Å². The van der Waals surface area contributed by atoms with Gasteiger partial charge in [-0.25, -0.2) is 0 Å². The molecule has 2 aromatic rings. The fourth-order valence-electron chi connectivity index (χ4n) is 2.97. The summed E-state index contributed by atoms with van der Waals surface area (Å²) >= 11 is 0. The van der Waals surface area contributed by atoms with Crippen molar-refractivity contribution in [2.75, 3.05) is 6.54 Å². The van der Waals surface area contributed by atoms with E-state index >= 15 is 0 Å². The van der Waals surface area contributed by atoms with Crippen molar-refractivity contribution >= 4 is 5.91 Å². The highest BCUT2D eigenvalue weighted by Gasteiger charge is 2.60. The molecule has 0 saturated heterocycles. The van der Waals surface area contributed by atoms with Crippen LogP contribution in [0.4, 0.5) is 13.2 Å². The standard InChI is InChI=1S/C17H14F3NO2/c1-2-21-15(22)10-7-8-12-11-5-3-4-6-13(11)16(23,14(12)9-10)17(18,19)20/h3-9,23H,2H2,1H3,(H,21,22)/t16-/m0/s1. The molecule has 3 rings (SSSR count). The molecular weight excluding hydrogens is 307 g/mol. The molecule has 2 N–H and O–H groups in total. The third kappa shape index (κ3) is 2.13. The molecule has 1 amide bonds. The number of rotatable bonds is 2. The average molecular weight is 321 g/mol. The molecule has 0 aromatic heterocycles.